The lowest BCUT2D eigenvalue weighted by molar-refractivity contribution is 0.391. The first-order valence-corrected chi connectivity index (χ1v) is 8.82. The van der Waals surface area contributed by atoms with Gasteiger partial charge in [0.25, 0.3) is 0 Å². The third-order valence-electron chi connectivity index (χ3n) is 2.67. The van der Waals surface area contributed by atoms with E-state index in [1.54, 1.807) is 18.2 Å². The maximum absolute atomic E-state index is 5.97. The standard InChI is InChI=1S/C14H12ClN5OS2/c1-2-6-16-13-18-19-14(23-13)22-8-11-17-12(20-21-11)9-4-3-5-10(15)7-9/h2-5,7H,1,6,8H2,(H,16,18). The predicted molar refractivity (Wildman–Crippen MR) is 92.9 cm³/mol. The maximum atomic E-state index is 5.97. The topological polar surface area (TPSA) is 76.7 Å². The molecule has 0 unspecified atom stereocenters. The number of anilines is 1. The van der Waals surface area contributed by atoms with Gasteiger partial charge in [0.2, 0.25) is 16.8 Å². The van der Waals surface area contributed by atoms with Crippen molar-refractivity contribution in [1.82, 2.24) is 20.3 Å². The Morgan fingerprint density at radius 1 is 1.39 bits per heavy atom. The van der Waals surface area contributed by atoms with Crippen molar-refractivity contribution in [3.8, 4) is 11.4 Å². The van der Waals surface area contributed by atoms with E-state index in [1.807, 2.05) is 12.1 Å². The number of halogens is 1. The highest BCUT2D eigenvalue weighted by molar-refractivity contribution is 8.00. The monoisotopic (exact) mass is 365 g/mol. The van der Waals surface area contributed by atoms with Gasteiger partial charge in [-0.15, -0.1) is 16.8 Å². The highest BCUT2D eigenvalue weighted by Gasteiger charge is 2.11. The number of thioether (sulfide) groups is 1. The lowest BCUT2D eigenvalue weighted by Gasteiger charge is -1.94. The molecule has 1 aromatic carbocycles. The number of aromatic nitrogens is 4. The van der Waals surface area contributed by atoms with E-state index in [2.05, 4.69) is 32.2 Å². The van der Waals surface area contributed by atoms with Crippen LogP contribution in [0.25, 0.3) is 11.4 Å². The van der Waals surface area contributed by atoms with E-state index in [1.165, 1.54) is 23.1 Å². The van der Waals surface area contributed by atoms with E-state index in [9.17, 15) is 0 Å². The van der Waals surface area contributed by atoms with Crippen molar-refractivity contribution in [2.45, 2.75) is 10.1 Å². The molecule has 118 valence electrons. The summed E-state index contributed by atoms with van der Waals surface area (Å²) in [4.78, 5) is 4.36. The van der Waals surface area contributed by atoms with Gasteiger partial charge < -0.3 is 9.84 Å². The first kappa shape index (κ1) is 16.0. The molecule has 0 saturated carbocycles. The smallest absolute Gasteiger partial charge is 0.237 e. The van der Waals surface area contributed by atoms with Crippen molar-refractivity contribution in [3.05, 3.63) is 47.8 Å². The fourth-order valence-corrected chi connectivity index (χ4v) is 3.47. The molecule has 0 aliphatic carbocycles. The van der Waals surface area contributed by atoms with Gasteiger partial charge >= 0.3 is 0 Å². The van der Waals surface area contributed by atoms with Crippen LogP contribution in [0.1, 0.15) is 5.89 Å². The molecule has 0 aliphatic heterocycles. The third kappa shape index (κ3) is 4.31. The molecular formula is C14H12ClN5OS2. The zero-order valence-electron chi connectivity index (χ0n) is 11.9. The summed E-state index contributed by atoms with van der Waals surface area (Å²) in [6, 6.07) is 7.33. The minimum atomic E-state index is 0.522. The fraction of sp³-hybridized carbons (Fsp3) is 0.143. The average Bonchev–Trinajstić information content (AvgIpc) is 3.20. The SMILES string of the molecule is C=CCNc1nnc(SCc2nc(-c3cccc(Cl)c3)no2)s1. The van der Waals surface area contributed by atoms with Crippen LogP contribution in [-0.4, -0.2) is 26.9 Å². The summed E-state index contributed by atoms with van der Waals surface area (Å²) >= 11 is 8.93. The zero-order valence-corrected chi connectivity index (χ0v) is 14.3. The molecule has 0 aliphatic rings. The summed E-state index contributed by atoms with van der Waals surface area (Å²) in [6.07, 6.45) is 1.77. The molecule has 1 N–H and O–H groups in total. The Balaban J connectivity index is 1.61. The molecule has 0 fully saturated rings. The number of hydrogen-bond acceptors (Lipinski definition) is 8. The molecule has 0 spiro atoms. The minimum Gasteiger partial charge on any atom is -0.357 e. The lowest BCUT2D eigenvalue weighted by atomic mass is 10.2. The van der Waals surface area contributed by atoms with Gasteiger partial charge in [-0.1, -0.05) is 58.1 Å². The summed E-state index contributed by atoms with van der Waals surface area (Å²) in [5.74, 6) is 1.58. The van der Waals surface area contributed by atoms with Crippen LogP contribution >= 0.6 is 34.7 Å². The first-order chi connectivity index (χ1) is 11.2. The summed E-state index contributed by atoms with van der Waals surface area (Å²) in [6.45, 7) is 4.30. The highest BCUT2D eigenvalue weighted by Crippen LogP contribution is 2.28. The number of nitrogens with zero attached hydrogens (tertiary/aromatic N) is 4. The van der Waals surface area contributed by atoms with Gasteiger partial charge in [0.15, 0.2) is 4.34 Å². The fourth-order valence-electron chi connectivity index (χ4n) is 1.68. The molecule has 6 nitrogen and oxygen atoms in total. The van der Waals surface area contributed by atoms with E-state index in [0.29, 0.717) is 29.0 Å². The highest BCUT2D eigenvalue weighted by atomic mass is 35.5. The molecule has 23 heavy (non-hydrogen) atoms. The van der Waals surface area contributed by atoms with Crippen molar-refractivity contribution >= 4 is 39.8 Å². The van der Waals surface area contributed by atoms with Crippen LogP contribution in [0.5, 0.6) is 0 Å². The van der Waals surface area contributed by atoms with Crippen molar-refractivity contribution in [3.63, 3.8) is 0 Å². The van der Waals surface area contributed by atoms with Crippen molar-refractivity contribution in [2.24, 2.45) is 0 Å². The largest absolute Gasteiger partial charge is 0.357 e. The Kier molecular flexibility index (Phi) is 5.27. The minimum absolute atomic E-state index is 0.522. The average molecular weight is 366 g/mol. The molecule has 0 radical (unpaired) electrons. The summed E-state index contributed by atoms with van der Waals surface area (Å²) in [7, 11) is 0. The molecule has 0 amide bonds. The van der Waals surface area contributed by atoms with Crippen LogP contribution in [0.3, 0.4) is 0 Å². The molecule has 0 saturated heterocycles. The van der Waals surface area contributed by atoms with Gasteiger partial charge in [0.1, 0.15) is 0 Å². The molecule has 3 aromatic rings. The van der Waals surface area contributed by atoms with E-state index in [4.69, 9.17) is 16.1 Å². The van der Waals surface area contributed by atoms with E-state index < -0.39 is 0 Å². The second kappa shape index (κ2) is 7.58. The third-order valence-corrected chi connectivity index (χ3v) is 4.91. The van der Waals surface area contributed by atoms with E-state index >= 15 is 0 Å². The Morgan fingerprint density at radius 3 is 3.13 bits per heavy atom. The molecule has 0 atom stereocenters. The quantitative estimate of drug-likeness (QED) is 0.498. The number of benzene rings is 1. The van der Waals surface area contributed by atoms with Crippen LogP contribution < -0.4 is 5.32 Å². The number of hydrogen-bond donors (Lipinski definition) is 1. The van der Waals surface area contributed by atoms with Gasteiger partial charge in [-0.25, -0.2) is 0 Å². The van der Waals surface area contributed by atoms with Crippen LogP contribution in [0.4, 0.5) is 5.13 Å². The molecule has 3 rings (SSSR count). The van der Waals surface area contributed by atoms with E-state index in [-0.39, 0.29) is 0 Å². The van der Waals surface area contributed by atoms with Crippen LogP contribution in [0.15, 0.2) is 45.8 Å². The zero-order chi connectivity index (χ0) is 16.1. The molecule has 2 aromatic heterocycles. The van der Waals surface area contributed by atoms with Gasteiger partial charge in [-0.05, 0) is 12.1 Å². The Bertz CT molecular complexity index is 804. The van der Waals surface area contributed by atoms with Gasteiger partial charge in [-0.2, -0.15) is 4.98 Å². The summed E-state index contributed by atoms with van der Waals surface area (Å²) in [5, 5.41) is 16.6. The second-order valence-corrected chi connectivity index (χ2v) is 6.99. The van der Waals surface area contributed by atoms with Crippen LogP contribution in [0, 0.1) is 0 Å². The normalized spacial score (nSPS) is 10.7. The summed E-state index contributed by atoms with van der Waals surface area (Å²) in [5.41, 5.74) is 0.823. The molecule has 2 heterocycles. The van der Waals surface area contributed by atoms with Gasteiger partial charge in [-0.3, -0.25) is 0 Å². The maximum Gasteiger partial charge on any atom is 0.237 e. The molecular weight excluding hydrogens is 354 g/mol. The van der Waals surface area contributed by atoms with E-state index in [0.717, 1.165) is 15.0 Å². The second-order valence-electron chi connectivity index (χ2n) is 4.35. The lowest BCUT2D eigenvalue weighted by Crippen LogP contribution is -1.96. The van der Waals surface area contributed by atoms with Crippen LogP contribution in [-0.2, 0) is 5.75 Å². The number of nitrogens with one attached hydrogen (secondary N) is 1. The first-order valence-electron chi connectivity index (χ1n) is 6.64. The predicted octanol–water partition coefficient (Wildman–Crippen LogP) is 4.13. The van der Waals surface area contributed by atoms with Crippen molar-refractivity contribution in [2.75, 3.05) is 11.9 Å². The van der Waals surface area contributed by atoms with Crippen molar-refractivity contribution in [1.29, 1.82) is 0 Å². The summed E-state index contributed by atoms with van der Waals surface area (Å²) < 4.78 is 6.09. The van der Waals surface area contributed by atoms with Crippen LogP contribution in [0.2, 0.25) is 5.02 Å². The Labute approximate surface area is 146 Å². The Morgan fingerprint density at radius 2 is 2.30 bits per heavy atom. The Hall–Kier alpha value is -1.90. The van der Waals surface area contributed by atoms with Crippen molar-refractivity contribution < 1.29 is 4.52 Å². The van der Waals surface area contributed by atoms with Gasteiger partial charge in [0.05, 0.1) is 5.75 Å². The van der Waals surface area contributed by atoms with Gasteiger partial charge in [0, 0.05) is 17.1 Å². The number of rotatable bonds is 7. The molecule has 0 bridgehead atoms. The molecule has 9 heteroatoms.